The second-order valence-corrected chi connectivity index (χ2v) is 14.3. The van der Waals surface area contributed by atoms with Crippen molar-refractivity contribution < 1.29 is 62.7 Å². The first-order valence-electron chi connectivity index (χ1n) is 14.4. The molecule has 0 unspecified atom stereocenters. The number of likely N-dealkylation sites (tertiary alicyclic amines) is 1. The Labute approximate surface area is 268 Å². The van der Waals surface area contributed by atoms with Crippen molar-refractivity contribution in [1.82, 2.24) is 9.37 Å². The molecule has 1 aliphatic heterocycles. The number of piperidine rings is 1. The van der Waals surface area contributed by atoms with Crippen LogP contribution in [0.3, 0.4) is 0 Å². The molecule has 18 heteroatoms. The third-order valence-corrected chi connectivity index (χ3v) is 10.3. The molecule has 0 atom stereocenters. The summed E-state index contributed by atoms with van der Waals surface area (Å²) in [7, 11) is -4.96. The molecule has 1 saturated heterocycles. The molecule has 0 radical (unpaired) electrons. The zero-order chi connectivity index (χ0) is 34.5. The summed E-state index contributed by atoms with van der Waals surface area (Å²) in [6.45, 7) is -0.945. The van der Waals surface area contributed by atoms with Gasteiger partial charge in [0.15, 0.2) is 11.6 Å². The number of carbonyl (C=O) groups excluding carboxylic acids is 2. The average Bonchev–Trinajstić information content (AvgIpc) is 3.88. The lowest BCUT2D eigenvalue weighted by atomic mass is 9.93. The summed E-state index contributed by atoms with van der Waals surface area (Å²) in [6, 6.07) is 5.25. The van der Waals surface area contributed by atoms with Gasteiger partial charge < -0.3 is 9.57 Å². The molecule has 0 bridgehead atoms. The fraction of sp³-hybridized carbons (Fsp3) is 0.517. The monoisotopic (exact) mass is 718 g/mol. The highest BCUT2D eigenvalue weighted by molar-refractivity contribution is 7.90. The number of nitrogens with zero attached hydrogens (tertiary/aromatic N) is 2. The van der Waals surface area contributed by atoms with Gasteiger partial charge in [0.05, 0.1) is 16.4 Å². The molecule has 47 heavy (non-hydrogen) atoms. The second-order valence-electron chi connectivity index (χ2n) is 11.8. The van der Waals surface area contributed by atoms with Crippen molar-refractivity contribution in [3.05, 3.63) is 63.4 Å². The normalized spacial score (nSPS) is 18.9. The van der Waals surface area contributed by atoms with Gasteiger partial charge in [0.1, 0.15) is 12.3 Å². The summed E-state index contributed by atoms with van der Waals surface area (Å²) in [5.41, 5.74) is -3.86. The van der Waals surface area contributed by atoms with Gasteiger partial charge in [-0.2, -0.15) is 26.3 Å². The first kappa shape index (κ1) is 35.1. The minimum Gasteiger partial charge on any atom is -0.487 e. The predicted molar refractivity (Wildman–Crippen MR) is 149 cm³/mol. The van der Waals surface area contributed by atoms with Gasteiger partial charge in [-0.15, -0.1) is 0 Å². The molecule has 2 aliphatic carbocycles. The maximum Gasteiger partial charge on any atom is 0.493 e. The molecule has 2 aromatic rings. The van der Waals surface area contributed by atoms with Gasteiger partial charge in [0.2, 0.25) is 0 Å². The topological polar surface area (TPSA) is 93.2 Å². The minimum absolute atomic E-state index is 0.00341. The van der Waals surface area contributed by atoms with Crippen molar-refractivity contribution in [3.63, 3.8) is 0 Å². The number of benzene rings is 2. The van der Waals surface area contributed by atoms with Crippen LogP contribution in [0.2, 0.25) is 5.02 Å². The number of sulfonamides is 1. The molecule has 258 valence electrons. The Hall–Kier alpha value is -3.18. The molecule has 2 aromatic carbocycles. The number of alkyl halides is 7. The zero-order valence-electron chi connectivity index (χ0n) is 24.3. The fourth-order valence-electron chi connectivity index (χ4n) is 5.14. The lowest BCUT2D eigenvalue weighted by Crippen LogP contribution is -2.45. The van der Waals surface area contributed by atoms with E-state index >= 15 is 8.78 Å². The average molecular weight is 719 g/mol. The number of ether oxygens (including phenoxy) is 1. The highest BCUT2D eigenvalue weighted by Gasteiger charge is 2.50. The summed E-state index contributed by atoms with van der Waals surface area (Å²) in [6.07, 6.45) is -9.68. The van der Waals surface area contributed by atoms with E-state index in [4.69, 9.17) is 16.3 Å². The first-order valence-corrected chi connectivity index (χ1v) is 16.3. The molecule has 3 aliphatic rings. The van der Waals surface area contributed by atoms with Crippen LogP contribution in [0.4, 0.5) is 35.1 Å². The molecule has 8 nitrogen and oxygen atoms in total. The van der Waals surface area contributed by atoms with Gasteiger partial charge in [-0.25, -0.2) is 22.0 Å². The number of rotatable bonds is 9. The molecule has 0 aromatic heterocycles. The van der Waals surface area contributed by atoms with E-state index in [9.17, 15) is 44.3 Å². The van der Waals surface area contributed by atoms with E-state index in [2.05, 4.69) is 4.84 Å². The first-order chi connectivity index (χ1) is 21.8. The van der Waals surface area contributed by atoms with E-state index in [1.165, 1.54) is 12.1 Å². The molecule has 2 saturated carbocycles. The van der Waals surface area contributed by atoms with Gasteiger partial charge in [0.25, 0.3) is 10.0 Å². The van der Waals surface area contributed by atoms with Crippen LogP contribution in [0.1, 0.15) is 71.5 Å². The van der Waals surface area contributed by atoms with Crippen LogP contribution in [-0.4, -0.2) is 66.5 Å². The minimum atomic E-state index is -5.68. The van der Waals surface area contributed by atoms with Gasteiger partial charge >= 0.3 is 24.2 Å². The van der Waals surface area contributed by atoms with Gasteiger partial charge in [-0.3, -0.25) is 9.69 Å². The number of hydroxylamine groups is 1. The number of hydrogen-bond acceptors (Lipinski definition) is 7. The Kier molecular flexibility index (Phi) is 9.49. The summed E-state index contributed by atoms with van der Waals surface area (Å²) in [5.74, 6) is -7.34. The highest BCUT2D eigenvalue weighted by atomic mass is 35.5. The van der Waals surface area contributed by atoms with Crippen molar-refractivity contribution in [2.24, 2.45) is 0 Å². The summed E-state index contributed by atoms with van der Waals surface area (Å²) in [4.78, 5) is 30.3. The maximum atomic E-state index is 15.8. The van der Waals surface area contributed by atoms with Crippen molar-refractivity contribution in [3.8, 4) is 5.75 Å². The lowest BCUT2D eigenvalue weighted by Gasteiger charge is -2.36. The maximum absolute atomic E-state index is 15.8. The van der Waals surface area contributed by atoms with Crippen LogP contribution >= 0.6 is 11.6 Å². The molecule has 1 amide bonds. The molecule has 3 fully saturated rings. The second kappa shape index (κ2) is 12.7. The summed E-state index contributed by atoms with van der Waals surface area (Å²) >= 11 is 5.89. The van der Waals surface area contributed by atoms with E-state index in [-0.39, 0.29) is 67.4 Å². The standard InChI is InChI=1S/C29H27ClF8N2O6S/c30-19-3-6-22(28(33,34)35)18(11-19)14-39-9-7-27(32,8-10-39)15-45-23-13-17(16-1-2-16)12-21(24(23)31)25(41)40(46-26(42)29(36,37)38)47(43,44)20-4-5-20/h3,6,11-13,16,20H,1-2,4-5,7-10,14-15H2. The molecular weight excluding hydrogens is 692 g/mol. The van der Waals surface area contributed by atoms with E-state index < -0.39 is 78.9 Å². The molecule has 0 spiro atoms. The van der Waals surface area contributed by atoms with Crippen molar-refractivity contribution >= 4 is 33.5 Å². The molecular formula is C29H27ClF8N2O6S. The smallest absolute Gasteiger partial charge is 0.487 e. The molecule has 1 heterocycles. The SMILES string of the molecule is O=C(c1cc(C2CC2)cc(OCC2(F)CCN(Cc3cc(Cl)ccc3C(F)(F)F)CC2)c1F)N(OC(=O)C(F)(F)F)S(=O)(=O)C1CC1. The third-order valence-electron chi connectivity index (χ3n) is 8.09. The van der Waals surface area contributed by atoms with E-state index in [1.54, 1.807) is 4.90 Å². The number of carbonyl (C=O) groups is 2. The van der Waals surface area contributed by atoms with Crippen LogP contribution in [0.5, 0.6) is 5.75 Å². The Morgan fingerprint density at radius 1 is 1.00 bits per heavy atom. The fourth-order valence-corrected chi connectivity index (χ4v) is 6.84. The van der Waals surface area contributed by atoms with Crippen LogP contribution < -0.4 is 4.74 Å². The van der Waals surface area contributed by atoms with E-state index in [1.807, 2.05) is 0 Å². The third kappa shape index (κ3) is 8.11. The highest BCUT2D eigenvalue weighted by Crippen LogP contribution is 2.43. The van der Waals surface area contributed by atoms with Crippen LogP contribution in [-0.2, 0) is 32.4 Å². The Morgan fingerprint density at radius 2 is 1.64 bits per heavy atom. The van der Waals surface area contributed by atoms with Crippen LogP contribution in [0, 0.1) is 5.82 Å². The van der Waals surface area contributed by atoms with Crippen LogP contribution in [0.25, 0.3) is 0 Å². The van der Waals surface area contributed by atoms with Crippen molar-refractivity contribution in [2.75, 3.05) is 19.7 Å². The predicted octanol–water partition coefficient (Wildman–Crippen LogP) is 6.71. The Balaban J connectivity index is 1.32. The van der Waals surface area contributed by atoms with Crippen LogP contribution in [0.15, 0.2) is 30.3 Å². The van der Waals surface area contributed by atoms with Crippen molar-refractivity contribution in [2.45, 2.75) is 74.3 Å². The molecule has 0 N–H and O–H groups in total. The van der Waals surface area contributed by atoms with Crippen molar-refractivity contribution in [1.29, 1.82) is 0 Å². The Morgan fingerprint density at radius 3 is 2.19 bits per heavy atom. The zero-order valence-corrected chi connectivity index (χ0v) is 25.8. The number of halogens is 9. The molecule has 5 rings (SSSR count). The van der Waals surface area contributed by atoms with E-state index in [0.29, 0.717) is 12.8 Å². The summed E-state index contributed by atoms with van der Waals surface area (Å²) in [5, 5.41) is -1.23. The number of hydrogen-bond donors (Lipinski definition) is 0. The van der Waals surface area contributed by atoms with Gasteiger partial charge in [-0.1, -0.05) is 16.1 Å². The number of amides is 1. The largest absolute Gasteiger partial charge is 0.493 e. The Bertz CT molecular complexity index is 1650. The quantitative estimate of drug-likeness (QED) is 0.210. The van der Waals surface area contributed by atoms with Gasteiger partial charge in [0, 0.05) is 24.7 Å². The lowest BCUT2D eigenvalue weighted by molar-refractivity contribution is -0.217. The van der Waals surface area contributed by atoms with E-state index in [0.717, 1.165) is 18.2 Å². The van der Waals surface area contributed by atoms with Gasteiger partial charge in [-0.05, 0) is 85.9 Å². The summed E-state index contributed by atoms with van der Waals surface area (Å²) < 4.78 is 141.